The highest BCUT2D eigenvalue weighted by Crippen LogP contribution is 2.23. The van der Waals surface area contributed by atoms with Crippen LogP contribution in [0.5, 0.6) is 0 Å². The van der Waals surface area contributed by atoms with Crippen LogP contribution in [0.4, 0.5) is 0 Å². The third kappa shape index (κ3) is 3.85. The molecule has 1 fully saturated rings. The van der Waals surface area contributed by atoms with Crippen molar-refractivity contribution in [2.45, 2.75) is 38.1 Å². The minimum Gasteiger partial charge on any atom is -0.468 e. The number of nitrogens with one attached hydrogen (secondary N) is 1. The van der Waals surface area contributed by atoms with Crippen LogP contribution in [-0.2, 0) is 0 Å². The molecule has 3 nitrogen and oxygen atoms in total. The summed E-state index contributed by atoms with van der Waals surface area (Å²) >= 11 is 0. The van der Waals surface area contributed by atoms with Gasteiger partial charge in [-0.15, -0.1) is 0 Å². The third-order valence-corrected chi connectivity index (χ3v) is 3.99. The summed E-state index contributed by atoms with van der Waals surface area (Å²) in [5, 5.41) is 3.62. The Hall–Kier alpha value is -0.800. The van der Waals surface area contributed by atoms with Gasteiger partial charge in [-0.1, -0.05) is 19.3 Å². The van der Waals surface area contributed by atoms with Gasteiger partial charge in [-0.3, -0.25) is 4.90 Å². The maximum absolute atomic E-state index is 5.52. The normalized spacial score (nSPS) is 19.3. The van der Waals surface area contributed by atoms with Crippen molar-refractivity contribution in [1.29, 1.82) is 0 Å². The smallest absolute Gasteiger partial charge is 0.122 e. The second-order valence-corrected chi connectivity index (χ2v) is 5.66. The van der Waals surface area contributed by atoms with Crippen molar-refractivity contribution in [3.63, 3.8) is 0 Å². The fourth-order valence-electron chi connectivity index (χ4n) is 2.83. The first kappa shape index (κ1) is 13.6. The average Bonchev–Trinajstić information content (AvgIpc) is 2.89. The predicted molar refractivity (Wildman–Crippen MR) is 74.6 cm³/mol. The monoisotopic (exact) mass is 250 g/mol. The molecule has 0 aliphatic heterocycles. The molecule has 1 aliphatic rings. The predicted octanol–water partition coefficient (Wildman–Crippen LogP) is 3.05. The van der Waals surface area contributed by atoms with Gasteiger partial charge in [0.1, 0.15) is 5.76 Å². The Morgan fingerprint density at radius 3 is 2.72 bits per heavy atom. The van der Waals surface area contributed by atoms with E-state index < -0.39 is 0 Å². The molecule has 1 heterocycles. The van der Waals surface area contributed by atoms with Crippen LogP contribution in [-0.4, -0.2) is 32.1 Å². The second kappa shape index (κ2) is 6.95. The van der Waals surface area contributed by atoms with E-state index in [4.69, 9.17) is 4.42 Å². The van der Waals surface area contributed by atoms with Crippen LogP contribution < -0.4 is 5.32 Å². The molecule has 0 spiro atoms. The molecule has 102 valence electrons. The van der Waals surface area contributed by atoms with Crippen LogP contribution in [0.2, 0.25) is 0 Å². The van der Waals surface area contributed by atoms with Crippen molar-refractivity contribution in [1.82, 2.24) is 10.2 Å². The standard InChI is InChI=1S/C15H26N2O/c1-17(2)14(15-9-6-10-18-15)12-16-11-13-7-4-3-5-8-13/h6,9-10,13-14,16H,3-5,7-8,11-12H2,1-2H3. The van der Waals surface area contributed by atoms with E-state index in [1.165, 1.54) is 32.1 Å². The molecule has 2 rings (SSSR count). The van der Waals surface area contributed by atoms with E-state index in [-0.39, 0.29) is 0 Å². The second-order valence-electron chi connectivity index (χ2n) is 5.66. The van der Waals surface area contributed by atoms with Crippen molar-refractivity contribution in [2.75, 3.05) is 27.2 Å². The Labute approximate surface area is 111 Å². The molecule has 18 heavy (non-hydrogen) atoms. The molecule has 0 bridgehead atoms. The van der Waals surface area contributed by atoms with E-state index in [1.807, 2.05) is 6.07 Å². The minimum atomic E-state index is 0.337. The quantitative estimate of drug-likeness (QED) is 0.841. The molecule has 0 saturated heterocycles. The molecule has 1 N–H and O–H groups in total. The highest BCUT2D eigenvalue weighted by molar-refractivity contribution is 5.04. The van der Waals surface area contributed by atoms with Crippen molar-refractivity contribution >= 4 is 0 Å². The van der Waals surface area contributed by atoms with Crippen molar-refractivity contribution < 1.29 is 4.42 Å². The van der Waals surface area contributed by atoms with Crippen LogP contribution in [0.25, 0.3) is 0 Å². The lowest BCUT2D eigenvalue weighted by Gasteiger charge is -2.26. The van der Waals surface area contributed by atoms with E-state index in [2.05, 4.69) is 30.4 Å². The van der Waals surface area contributed by atoms with E-state index >= 15 is 0 Å². The van der Waals surface area contributed by atoms with Gasteiger partial charge >= 0.3 is 0 Å². The molecule has 1 saturated carbocycles. The van der Waals surface area contributed by atoms with E-state index in [9.17, 15) is 0 Å². The number of likely N-dealkylation sites (N-methyl/N-ethyl adjacent to an activating group) is 1. The SMILES string of the molecule is CN(C)C(CNCC1CCCCC1)c1ccco1. The van der Waals surface area contributed by atoms with Gasteiger partial charge in [0, 0.05) is 6.54 Å². The molecule has 1 atom stereocenters. The first-order valence-corrected chi connectivity index (χ1v) is 7.18. The molecule has 1 aromatic heterocycles. The van der Waals surface area contributed by atoms with Gasteiger partial charge in [-0.2, -0.15) is 0 Å². The van der Waals surface area contributed by atoms with E-state index in [0.717, 1.165) is 24.8 Å². The maximum Gasteiger partial charge on any atom is 0.122 e. The molecular weight excluding hydrogens is 224 g/mol. The highest BCUT2D eigenvalue weighted by atomic mass is 16.3. The topological polar surface area (TPSA) is 28.4 Å². The van der Waals surface area contributed by atoms with Crippen LogP contribution in [0.1, 0.15) is 43.9 Å². The Morgan fingerprint density at radius 2 is 2.11 bits per heavy atom. The zero-order valence-electron chi connectivity index (χ0n) is 11.7. The molecule has 0 aromatic carbocycles. The lowest BCUT2D eigenvalue weighted by Crippen LogP contribution is -2.33. The minimum absolute atomic E-state index is 0.337. The van der Waals surface area contributed by atoms with E-state index in [0.29, 0.717) is 6.04 Å². The first-order chi connectivity index (χ1) is 8.77. The summed E-state index contributed by atoms with van der Waals surface area (Å²) in [5.41, 5.74) is 0. The summed E-state index contributed by atoms with van der Waals surface area (Å²) in [6.07, 6.45) is 8.83. The van der Waals surface area contributed by atoms with Crippen LogP contribution >= 0.6 is 0 Å². The molecule has 0 radical (unpaired) electrons. The Bertz CT molecular complexity index is 315. The van der Waals surface area contributed by atoms with Gasteiger partial charge in [0.25, 0.3) is 0 Å². The highest BCUT2D eigenvalue weighted by Gasteiger charge is 2.18. The molecule has 1 unspecified atom stereocenters. The molecule has 1 aliphatic carbocycles. The van der Waals surface area contributed by atoms with Gasteiger partial charge in [0.05, 0.1) is 12.3 Å². The average molecular weight is 250 g/mol. The van der Waals surface area contributed by atoms with Crippen LogP contribution in [0, 0.1) is 5.92 Å². The molecule has 1 aromatic rings. The number of furan rings is 1. The van der Waals surface area contributed by atoms with Gasteiger partial charge in [0.2, 0.25) is 0 Å². The number of nitrogens with zero attached hydrogens (tertiary/aromatic N) is 1. The zero-order valence-corrected chi connectivity index (χ0v) is 11.7. The van der Waals surface area contributed by atoms with Crippen molar-refractivity contribution in [3.8, 4) is 0 Å². The zero-order chi connectivity index (χ0) is 12.8. The van der Waals surface area contributed by atoms with Gasteiger partial charge in [0.15, 0.2) is 0 Å². The Kier molecular flexibility index (Phi) is 5.26. The summed E-state index contributed by atoms with van der Waals surface area (Å²) in [6.45, 7) is 2.13. The van der Waals surface area contributed by atoms with Crippen molar-refractivity contribution in [3.05, 3.63) is 24.2 Å². The molecule has 0 amide bonds. The third-order valence-electron chi connectivity index (χ3n) is 3.99. The van der Waals surface area contributed by atoms with Gasteiger partial charge in [-0.05, 0) is 51.5 Å². The number of rotatable bonds is 6. The lowest BCUT2D eigenvalue weighted by molar-refractivity contribution is 0.242. The summed E-state index contributed by atoms with van der Waals surface area (Å²) in [7, 11) is 4.21. The summed E-state index contributed by atoms with van der Waals surface area (Å²) in [6, 6.07) is 4.36. The molecular formula is C15H26N2O. The summed E-state index contributed by atoms with van der Waals surface area (Å²) in [5.74, 6) is 1.94. The van der Waals surface area contributed by atoms with Gasteiger partial charge < -0.3 is 9.73 Å². The van der Waals surface area contributed by atoms with Crippen LogP contribution in [0.3, 0.4) is 0 Å². The number of hydrogen-bond donors (Lipinski definition) is 1. The lowest BCUT2D eigenvalue weighted by atomic mass is 9.89. The summed E-state index contributed by atoms with van der Waals surface area (Å²) in [4.78, 5) is 2.21. The molecule has 3 heteroatoms. The largest absolute Gasteiger partial charge is 0.468 e. The Morgan fingerprint density at radius 1 is 1.33 bits per heavy atom. The van der Waals surface area contributed by atoms with Gasteiger partial charge in [-0.25, -0.2) is 0 Å². The summed E-state index contributed by atoms with van der Waals surface area (Å²) < 4.78 is 5.52. The first-order valence-electron chi connectivity index (χ1n) is 7.18. The van der Waals surface area contributed by atoms with Crippen LogP contribution in [0.15, 0.2) is 22.8 Å². The fourth-order valence-corrected chi connectivity index (χ4v) is 2.83. The van der Waals surface area contributed by atoms with Crippen molar-refractivity contribution in [2.24, 2.45) is 5.92 Å². The fraction of sp³-hybridized carbons (Fsp3) is 0.733. The number of hydrogen-bond acceptors (Lipinski definition) is 3. The maximum atomic E-state index is 5.52. The Balaban J connectivity index is 1.76. The van der Waals surface area contributed by atoms with E-state index in [1.54, 1.807) is 6.26 Å².